The van der Waals surface area contributed by atoms with E-state index in [9.17, 15) is 13.2 Å². The first-order valence-electron chi connectivity index (χ1n) is 4.13. The van der Waals surface area contributed by atoms with Crippen molar-refractivity contribution < 1.29 is 17.8 Å². The predicted molar refractivity (Wildman–Crippen MR) is 59.4 cm³/mol. The molecule has 1 N–H and O–H groups in total. The molecule has 4 nitrogen and oxygen atoms in total. The van der Waals surface area contributed by atoms with Crippen LogP contribution in [-0.4, -0.2) is 22.7 Å². The summed E-state index contributed by atoms with van der Waals surface area (Å²) in [6.07, 6.45) is 0. The molecule has 82 valence electrons. The van der Waals surface area contributed by atoms with Crippen LogP contribution in [0.4, 0.5) is 0 Å². The van der Waals surface area contributed by atoms with Gasteiger partial charge in [0.1, 0.15) is 4.58 Å². The molecular formula is C9H10O4S2. The molecule has 1 aromatic rings. The summed E-state index contributed by atoms with van der Waals surface area (Å²) in [5, 5.41) is -0.374. The van der Waals surface area contributed by atoms with Crippen molar-refractivity contribution in [2.45, 2.75) is 11.5 Å². The molecule has 0 fully saturated rings. The van der Waals surface area contributed by atoms with Crippen molar-refractivity contribution in [2.24, 2.45) is 0 Å². The van der Waals surface area contributed by atoms with E-state index in [1.54, 1.807) is 30.3 Å². The summed E-state index contributed by atoms with van der Waals surface area (Å²) in [5.41, 5.74) is 0.415. The Bertz CT molecular complexity index is 438. The first-order valence-corrected chi connectivity index (χ1v) is 6.52. The zero-order chi connectivity index (χ0) is 11.5. The normalized spacial score (nSPS) is 13.5. The second-order valence-electron chi connectivity index (χ2n) is 2.85. The minimum Gasteiger partial charge on any atom is -0.285 e. The average Bonchev–Trinajstić information content (AvgIpc) is 2.17. The lowest BCUT2D eigenvalue weighted by Crippen LogP contribution is -2.14. The summed E-state index contributed by atoms with van der Waals surface area (Å²) in [6, 6.07) is 8.31. The number of benzene rings is 1. The Kier molecular flexibility index (Phi) is 3.90. The zero-order valence-corrected chi connectivity index (χ0v) is 9.59. The van der Waals surface area contributed by atoms with Crippen LogP contribution in [0.2, 0.25) is 0 Å². The average molecular weight is 246 g/mol. The maximum absolute atomic E-state index is 11.5. The fraction of sp³-hybridized carbons (Fsp3) is 0.222. The highest BCUT2D eigenvalue weighted by atomic mass is 32.3. The summed E-state index contributed by atoms with van der Waals surface area (Å²) in [7, 11) is -4.16. The van der Waals surface area contributed by atoms with Crippen molar-refractivity contribution in [2.75, 3.05) is 0 Å². The monoisotopic (exact) mass is 246 g/mol. The summed E-state index contributed by atoms with van der Waals surface area (Å²) in [6.45, 7) is 1.26. The molecule has 0 amide bonds. The molecular weight excluding hydrogens is 236 g/mol. The molecule has 15 heavy (non-hydrogen) atoms. The molecule has 0 aliphatic heterocycles. The van der Waals surface area contributed by atoms with E-state index in [4.69, 9.17) is 4.55 Å². The van der Waals surface area contributed by atoms with Gasteiger partial charge in [0.15, 0.2) is 0 Å². The van der Waals surface area contributed by atoms with E-state index in [1.807, 2.05) is 0 Å². The quantitative estimate of drug-likeness (QED) is 0.823. The van der Waals surface area contributed by atoms with Gasteiger partial charge in [-0.15, -0.1) is 0 Å². The third-order valence-corrected chi connectivity index (χ3v) is 4.34. The number of hydrogen-bond donors (Lipinski definition) is 1. The third-order valence-electron chi connectivity index (χ3n) is 1.70. The Hall–Kier alpha value is -0.850. The number of rotatable bonds is 3. The van der Waals surface area contributed by atoms with Gasteiger partial charge in [-0.2, -0.15) is 8.42 Å². The topological polar surface area (TPSA) is 71.4 Å². The van der Waals surface area contributed by atoms with E-state index in [0.717, 1.165) is 0 Å². The minimum atomic E-state index is -4.16. The Morgan fingerprint density at radius 1 is 1.33 bits per heavy atom. The molecule has 0 spiro atoms. The Balaban J connectivity index is 2.74. The van der Waals surface area contributed by atoms with Gasteiger partial charge in [0.2, 0.25) is 5.12 Å². The smallest absolute Gasteiger partial charge is 0.277 e. The van der Waals surface area contributed by atoms with Crippen LogP contribution in [-0.2, 0) is 10.1 Å². The van der Waals surface area contributed by atoms with Crippen molar-refractivity contribution >= 4 is 27.0 Å². The summed E-state index contributed by atoms with van der Waals surface area (Å²) in [4.78, 5) is 11.5. The Morgan fingerprint density at radius 3 is 2.33 bits per heavy atom. The predicted octanol–water partition coefficient (Wildman–Crippen LogP) is 1.79. The number of hydrogen-bond acceptors (Lipinski definition) is 4. The molecule has 0 aromatic heterocycles. The van der Waals surface area contributed by atoms with Gasteiger partial charge in [0.25, 0.3) is 10.1 Å². The summed E-state index contributed by atoms with van der Waals surface area (Å²) >= 11 is 0.583. The maximum Gasteiger partial charge on any atom is 0.277 e. The third kappa shape index (κ3) is 3.65. The van der Waals surface area contributed by atoms with Gasteiger partial charge in [-0.3, -0.25) is 9.35 Å². The van der Waals surface area contributed by atoms with Gasteiger partial charge in [0, 0.05) is 5.56 Å². The molecule has 0 heterocycles. The highest BCUT2D eigenvalue weighted by Crippen LogP contribution is 2.20. The van der Waals surface area contributed by atoms with Crippen molar-refractivity contribution in [3.8, 4) is 0 Å². The largest absolute Gasteiger partial charge is 0.285 e. The first-order chi connectivity index (χ1) is 6.91. The molecule has 0 aliphatic rings. The Morgan fingerprint density at radius 2 is 1.87 bits per heavy atom. The van der Waals surface area contributed by atoms with Crippen molar-refractivity contribution in [1.82, 2.24) is 0 Å². The zero-order valence-electron chi connectivity index (χ0n) is 7.95. The van der Waals surface area contributed by atoms with Crippen LogP contribution in [0.3, 0.4) is 0 Å². The van der Waals surface area contributed by atoms with Gasteiger partial charge in [-0.1, -0.05) is 42.1 Å². The fourth-order valence-corrected chi connectivity index (χ4v) is 2.18. The molecule has 6 heteroatoms. The molecule has 0 saturated carbocycles. The van der Waals surface area contributed by atoms with E-state index >= 15 is 0 Å². The van der Waals surface area contributed by atoms with Crippen LogP contribution < -0.4 is 0 Å². The Labute approximate surface area is 92.4 Å². The van der Waals surface area contributed by atoms with E-state index in [2.05, 4.69) is 0 Å². The van der Waals surface area contributed by atoms with Crippen LogP contribution >= 0.6 is 11.8 Å². The van der Waals surface area contributed by atoms with Crippen molar-refractivity contribution in [3.63, 3.8) is 0 Å². The van der Waals surface area contributed by atoms with E-state index in [0.29, 0.717) is 17.3 Å². The van der Waals surface area contributed by atoms with Crippen molar-refractivity contribution in [1.29, 1.82) is 0 Å². The molecule has 1 rings (SSSR count). The second kappa shape index (κ2) is 4.78. The van der Waals surface area contributed by atoms with Gasteiger partial charge in [0.05, 0.1) is 0 Å². The van der Waals surface area contributed by atoms with Crippen LogP contribution in [0.5, 0.6) is 0 Å². The lowest BCUT2D eigenvalue weighted by Gasteiger charge is -2.05. The van der Waals surface area contributed by atoms with Crippen LogP contribution in [0.25, 0.3) is 0 Å². The molecule has 0 bridgehead atoms. The lowest BCUT2D eigenvalue weighted by molar-refractivity contribution is 0.108. The SMILES string of the molecule is C[C@@H](SC(=O)c1ccccc1)S(=O)(=O)O. The maximum atomic E-state index is 11.5. The summed E-state index contributed by atoms with van der Waals surface area (Å²) in [5.74, 6) is 0. The molecule has 0 aliphatic carbocycles. The summed E-state index contributed by atoms with van der Waals surface area (Å²) < 4.78 is 28.9. The standard InChI is InChI=1S/C9H10O4S2/c1-7(15(11,12)13)14-9(10)8-5-3-2-4-6-8/h2-7H,1H3,(H,11,12,13)/t7-/m0/s1. The fourth-order valence-electron chi connectivity index (χ4n) is 0.854. The van der Waals surface area contributed by atoms with Gasteiger partial charge >= 0.3 is 0 Å². The second-order valence-corrected chi connectivity index (χ2v) is 6.20. The number of thioether (sulfide) groups is 1. The molecule has 1 atom stereocenters. The van der Waals surface area contributed by atoms with E-state index in [-0.39, 0.29) is 5.12 Å². The van der Waals surface area contributed by atoms with Crippen LogP contribution in [0, 0.1) is 0 Å². The number of carbonyl (C=O) groups is 1. The van der Waals surface area contributed by atoms with Crippen LogP contribution in [0.1, 0.15) is 17.3 Å². The van der Waals surface area contributed by atoms with Gasteiger partial charge in [-0.25, -0.2) is 0 Å². The lowest BCUT2D eigenvalue weighted by atomic mass is 10.2. The molecule has 0 unspecified atom stereocenters. The highest BCUT2D eigenvalue weighted by Gasteiger charge is 2.22. The minimum absolute atomic E-state index is 0.374. The molecule has 0 radical (unpaired) electrons. The number of carbonyl (C=O) groups excluding carboxylic acids is 1. The molecule has 0 saturated heterocycles. The highest BCUT2D eigenvalue weighted by molar-refractivity contribution is 8.22. The van der Waals surface area contributed by atoms with Crippen LogP contribution in [0.15, 0.2) is 30.3 Å². The van der Waals surface area contributed by atoms with Gasteiger partial charge < -0.3 is 0 Å². The van der Waals surface area contributed by atoms with Crippen molar-refractivity contribution in [3.05, 3.63) is 35.9 Å². The molecule has 1 aromatic carbocycles. The van der Waals surface area contributed by atoms with E-state index in [1.165, 1.54) is 6.92 Å². The van der Waals surface area contributed by atoms with Gasteiger partial charge in [-0.05, 0) is 6.92 Å². The first kappa shape index (κ1) is 12.2. The van der Waals surface area contributed by atoms with E-state index < -0.39 is 14.7 Å².